The van der Waals surface area contributed by atoms with E-state index in [4.69, 9.17) is 14.2 Å². The molecule has 2 fully saturated rings. The van der Waals surface area contributed by atoms with Gasteiger partial charge in [-0.3, -0.25) is 4.79 Å². The fourth-order valence-corrected chi connectivity index (χ4v) is 2.99. The summed E-state index contributed by atoms with van der Waals surface area (Å²) in [6.07, 6.45) is 1.87. The Morgan fingerprint density at radius 2 is 2.05 bits per heavy atom. The molecular weight excluding hydrogens is 272 g/mol. The van der Waals surface area contributed by atoms with E-state index in [1.165, 1.54) is 0 Å². The van der Waals surface area contributed by atoms with Gasteiger partial charge in [0.05, 0.1) is 18.1 Å². The minimum Gasteiger partial charge on any atom is -0.465 e. The van der Waals surface area contributed by atoms with Crippen LogP contribution in [0.15, 0.2) is 0 Å². The maximum atomic E-state index is 11.9. The Labute approximate surface area is 126 Å². The molecule has 2 aliphatic rings. The van der Waals surface area contributed by atoms with Gasteiger partial charge < -0.3 is 19.0 Å². The fraction of sp³-hybridized carbons (Fsp3) is 0.875. The minimum absolute atomic E-state index is 0.0331. The van der Waals surface area contributed by atoms with E-state index in [9.17, 15) is 9.59 Å². The maximum absolute atomic E-state index is 11.9. The van der Waals surface area contributed by atoms with Crippen LogP contribution in [0, 0.1) is 17.3 Å². The quantitative estimate of drug-likeness (QED) is 0.591. The molecule has 1 unspecified atom stereocenters. The summed E-state index contributed by atoms with van der Waals surface area (Å²) in [6, 6.07) is 0. The Morgan fingerprint density at radius 1 is 1.38 bits per heavy atom. The molecule has 0 amide bonds. The minimum atomic E-state index is -0.687. The first-order valence-corrected chi connectivity index (χ1v) is 7.64. The molecule has 0 aromatic rings. The molecule has 2 heterocycles. The molecule has 0 N–H and O–H groups in total. The van der Waals surface area contributed by atoms with E-state index in [2.05, 4.69) is 0 Å². The highest BCUT2D eigenvalue weighted by molar-refractivity contribution is 5.75. The summed E-state index contributed by atoms with van der Waals surface area (Å²) in [5.74, 6) is -0.810. The second-order valence-corrected chi connectivity index (χ2v) is 7.44. The van der Waals surface area contributed by atoms with Crippen molar-refractivity contribution in [3.05, 3.63) is 0 Å². The first-order chi connectivity index (χ1) is 9.66. The van der Waals surface area contributed by atoms with Crippen LogP contribution in [0.3, 0.4) is 0 Å². The monoisotopic (exact) mass is 298 g/mol. The number of esters is 1. The summed E-state index contributed by atoms with van der Waals surface area (Å²) in [5.41, 5.74) is -0.503. The van der Waals surface area contributed by atoms with Gasteiger partial charge in [-0.2, -0.15) is 0 Å². The second kappa shape index (κ2) is 5.69. The normalized spacial score (nSPS) is 39.7. The van der Waals surface area contributed by atoms with E-state index < -0.39 is 17.3 Å². The van der Waals surface area contributed by atoms with Gasteiger partial charge in [-0.05, 0) is 34.1 Å². The van der Waals surface area contributed by atoms with E-state index in [1.807, 2.05) is 34.6 Å². The van der Waals surface area contributed by atoms with Gasteiger partial charge in [0.25, 0.3) is 0 Å². The van der Waals surface area contributed by atoms with E-state index in [1.54, 1.807) is 0 Å². The second-order valence-electron chi connectivity index (χ2n) is 7.44. The van der Waals surface area contributed by atoms with Gasteiger partial charge in [0.2, 0.25) is 0 Å². The zero-order valence-corrected chi connectivity index (χ0v) is 13.5. The number of carbonyl (C=O) groups is 2. The molecule has 2 aliphatic heterocycles. The van der Waals surface area contributed by atoms with Crippen molar-refractivity contribution < 1.29 is 23.8 Å². The van der Waals surface area contributed by atoms with Crippen molar-refractivity contribution in [1.29, 1.82) is 0 Å². The molecule has 0 aromatic heterocycles. The smallest absolute Gasteiger partial charge is 0.311 e. The van der Waals surface area contributed by atoms with E-state index in [0.717, 1.165) is 12.7 Å². The summed E-state index contributed by atoms with van der Waals surface area (Å²) in [5, 5.41) is 0. The molecule has 21 heavy (non-hydrogen) atoms. The van der Waals surface area contributed by atoms with Crippen LogP contribution in [0.4, 0.5) is 0 Å². The number of aldehydes is 1. The topological polar surface area (TPSA) is 61.8 Å². The first kappa shape index (κ1) is 16.4. The molecule has 2 bridgehead atoms. The Balaban J connectivity index is 2.02. The van der Waals surface area contributed by atoms with Crippen LogP contribution in [0.2, 0.25) is 0 Å². The zero-order chi connectivity index (χ0) is 15.8. The molecule has 5 nitrogen and oxygen atoms in total. The number of hydrogen-bond donors (Lipinski definition) is 0. The zero-order valence-electron chi connectivity index (χ0n) is 13.5. The van der Waals surface area contributed by atoms with E-state index in [0.29, 0.717) is 13.0 Å². The average molecular weight is 298 g/mol. The third kappa shape index (κ3) is 3.46. The van der Waals surface area contributed by atoms with Gasteiger partial charge in [-0.15, -0.1) is 0 Å². The molecule has 0 saturated carbocycles. The summed E-state index contributed by atoms with van der Waals surface area (Å²) < 4.78 is 17.2. The molecule has 0 spiro atoms. The number of ether oxygens (including phenoxy) is 3. The molecule has 2 saturated heterocycles. The van der Waals surface area contributed by atoms with Crippen molar-refractivity contribution in [2.75, 3.05) is 6.61 Å². The van der Waals surface area contributed by atoms with Gasteiger partial charge in [0.1, 0.15) is 12.4 Å². The molecule has 2 rings (SSSR count). The van der Waals surface area contributed by atoms with Crippen LogP contribution in [-0.2, 0) is 23.8 Å². The van der Waals surface area contributed by atoms with Crippen molar-refractivity contribution in [3.63, 3.8) is 0 Å². The standard InChI is InChI=1S/C16H26O5/c1-10-12(8-17)20-16(5)7-6-11(13(10)21-16)9-19-14(18)15(2,3)4/h8,10-13H,6-7,9H2,1-5H3/t10-,11-,12-,13+,16?/m0/s1. The predicted octanol–water partition coefficient (Wildman–Crippen LogP) is 2.32. The number of rotatable bonds is 3. The highest BCUT2D eigenvalue weighted by Gasteiger charge is 2.50. The summed E-state index contributed by atoms with van der Waals surface area (Å²) in [4.78, 5) is 23.1. The van der Waals surface area contributed by atoms with Crippen molar-refractivity contribution in [1.82, 2.24) is 0 Å². The van der Waals surface area contributed by atoms with Gasteiger partial charge in [-0.1, -0.05) is 6.92 Å². The van der Waals surface area contributed by atoms with Crippen LogP contribution in [0.1, 0.15) is 47.5 Å². The maximum Gasteiger partial charge on any atom is 0.311 e. The first-order valence-electron chi connectivity index (χ1n) is 7.64. The van der Waals surface area contributed by atoms with Crippen molar-refractivity contribution >= 4 is 12.3 Å². The van der Waals surface area contributed by atoms with Gasteiger partial charge >= 0.3 is 5.97 Å². The van der Waals surface area contributed by atoms with Gasteiger partial charge in [-0.25, -0.2) is 0 Å². The molecule has 5 heteroatoms. The van der Waals surface area contributed by atoms with Gasteiger partial charge in [0, 0.05) is 18.3 Å². The van der Waals surface area contributed by atoms with Gasteiger partial charge in [0.15, 0.2) is 5.79 Å². The Hall–Kier alpha value is -0.940. The average Bonchev–Trinajstić information content (AvgIpc) is 2.40. The molecular formula is C16H26O5. The molecule has 120 valence electrons. The number of fused-ring (bicyclic) bond motifs is 2. The third-order valence-corrected chi connectivity index (χ3v) is 4.42. The lowest BCUT2D eigenvalue weighted by atomic mass is 9.80. The third-order valence-electron chi connectivity index (χ3n) is 4.42. The lowest BCUT2D eigenvalue weighted by Gasteiger charge is -2.51. The number of hydrogen-bond acceptors (Lipinski definition) is 5. The van der Waals surface area contributed by atoms with Crippen LogP contribution in [-0.4, -0.2) is 36.9 Å². The largest absolute Gasteiger partial charge is 0.465 e. The van der Waals surface area contributed by atoms with Crippen LogP contribution in [0.5, 0.6) is 0 Å². The number of carbonyl (C=O) groups excluding carboxylic acids is 2. The lowest BCUT2D eigenvalue weighted by Crippen LogP contribution is -2.58. The Morgan fingerprint density at radius 3 is 2.62 bits per heavy atom. The van der Waals surface area contributed by atoms with Crippen LogP contribution >= 0.6 is 0 Å². The van der Waals surface area contributed by atoms with E-state index in [-0.39, 0.29) is 23.9 Å². The molecule has 5 atom stereocenters. The SMILES string of the molecule is C[C@@H]1[C@H]2OC(C)(CC[C@H]2COC(=O)C(C)(C)C)O[C@H]1C=O. The van der Waals surface area contributed by atoms with Crippen LogP contribution < -0.4 is 0 Å². The summed E-state index contributed by atoms with van der Waals surface area (Å²) in [6.45, 7) is 9.68. The van der Waals surface area contributed by atoms with Crippen LogP contribution in [0.25, 0.3) is 0 Å². The van der Waals surface area contributed by atoms with Crippen molar-refractivity contribution in [2.45, 2.75) is 65.5 Å². The summed E-state index contributed by atoms with van der Waals surface area (Å²) in [7, 11) is 0. The highest BCUT2D eigenvalue weighted by atomic mass is 16.7. The Kier molecular flexibility index (Phi) is 4.45. The van der Waals surface area contributed by atoms with Crippen molar-refractivity contribution in [3.8, 4) is 0 Å². The molecule has 0 aromatic carbocycles. The predicted molar refractivity (Wildman–Crippen MR) is 76.5 cm³/mol. The fourth-order valence-electron chi connectivity index (χ4n) is 2.99. The van der Waals surface area contributed by atoms with E-state index >= 15 is 0 Å². The Bertz CT molecular complexity index is 413. The molecule has 0 radical (unpaired) electrons. The highest BCUT2D eigenvalue weighted by Crippen LogP contribution is 2.43. The summed E-state index contributed by atoms with van der Waals surface area (Å²) >= 11 is 0. The lowest BCUT2D eigenvalue weighted by molar-refractivity contribution is -0.349. The van der Waals surface area contributed by atoms with Crippen molar-refractivity contribution in [2.24, 2.45) is 17.3 Å². The molecule has 0 aliphatic carbocycles.